The standard InChI is InChI=1S/C15H15NO4/c1-10-5-6-12(15(17)18)13(8-10)20-9-11-4-3-7-16-14(11)19-2/h3-8H,9H2,1-2H3,(H,17,18). The first kappa shape index (κ1) is 13.9. The van der Waals surface area contributed by atoms with Gasteiger partial charge in [-0.25, -0.2) is 9.78 Å². The smallest absolute Gasteiger partial charge is 0.339 e. The molecule has 104 valence electrons. The zero-order valence-corrected chi connectivity index (χ0v) is 11.3. The maximum absolute atomic E-state index is 11.2. The molecule has 0 aliphatic rings. The fraction of sp³-hybridized carbons (Fsp3) is 0.200. The third kappa shape index (κ3) is 3.06. The van der Waals surface area contributed by atoms with Crippen LogP contribution in [0.1, 0.15) is 21.5 Å². The number of pyridine rings is 1. The van der Waals surface area contributed by atoms with Crippen LogP contribution in [0.3, 0.4) is 0 Å². The number of benzene rings is 1. The molecule has 1 aromatic heterocycles. The van der Waals surface area contributed by atoms with Crippen molar-refractivity contribution in [1.29, 1.82) is 0 Å². The van der Waals surface area contributed by atoms with Crippen LogP contribution in [0.25, 0.3) is 0 Å². The fourth-order valence-electron chi connectivity index (χ4n) is 1.80. The molecule has 0 unspecified atom stereocenters. The summed E-state index contributed by atoms with van der Waals surface area (Å²) in [5, 5.41) is 9.14. The second kappa shape index (κ2) is 6.06. The summed E-state index contributed by atoms with van der Waals surface area (Å²) < 4.78 is 10.7. The van der Waals surface area contributed by atoms with Crippen LogP contribution in [0.5, 0.6) is 11.6 Å². The van der Waals surface area contributed by atoms with Gasteiger partial charge in [0.1, 0.15) is 17.9 Å². The molecule has 1 N–H and O–H groups in total. The van der Waals surface area contributed by atoms with E-state index >= 15 is 0 Å². The molecule has 5 nitrogen and oxygen atoms in total. The lowest BCUT2D eigenvalue weighted by Gasteiger charge is -2.11. The highest BCUT2D eigenvalue weighted by Crippen LogP contribution is 2.23. The molecule has 1 heterocycles. The molecule has 0 saturated heterocycles. The third-order valence-electron chi connectivity index (χ3n) is 2.79. The topological polar surface area (TPSA) is 68.7 Å². The number of rotatable bonds is 5. The average molecular weight is 273 g/mol. The van der Waals surface area contributed by atoms with Crippen molar-refractivity contribution in [2.24, 2.45) is 0 Å². The Kier molecular flexibility index (Phi) is 4.20. The number of aromatic carboxylic acids is 1. The predicted molar refractivity (Wildman–Crippen MR) is 73.3 cm³/mol. The Labute approximate surface area is 116 Å². The maximum Gasteiger partial charge on any atom is 0.339 e. The van der Waals surface area contributed by atoms with E-state index in [0.29, 0.717) is 11.6 Å². The Balaban J connectivity index is 2.22. The second-order valence-corrected chi connectivity index (χ2v) is 4.27. The molecule has 0 fully saturated rings. The number of carboxylic acids is 1. The van der Waals surface area contributed by atoms with Crippen molar-refractivity contribution in [1.82, 2.24) is 4.98 Å². The van der Waals surface area contributed by atoms with Gasteiger partial charge in [0.15, 0.2) is 0 Å². The lowest BCUT2D eigenvalue weighted by Crippen LogP contribution is -2.05. The number of hydrogen-bond acceptors (Lipinski definition) is 4. The van der Waals surface area contributed by atoms with E-state index in [0.717, 1.165) is 11.1 Å². The SMILES string of the molecule is COc1ncccc1COc1cc(C)ccc1C(=O)O. The average Bonchev–Trinajstić information content (AvgIpc) is 2.45. The molecule has 2 rings (SSSR count). The first-order valence-corrected chi connectivity index (χ1v) is 6.06. The molecular formula is C15H15NO4. The molecule has 0 aliphatic heterocycles. The van der Waals surface area contributed by atoms with Crippen molar-refractivity contribution in [2.45, 2.75) is 13.5 Å². The number of carboxylic acid groups (broad SMARTS) is 1. The van der Waals surface area contributed by atoms with E-state index in [1.807, 2.05) is 13.0 Å². The minimum Gasteiger partial charge on any atom is -0.488 e. The lowest BCUT2D eigenvalue weighted by molar-refractivity contribution is 0.0691. The van der Waals surface area contributed by atoms with Gasteiger partial charge < -0.3 is 14.6 Å². The second-order valence-electron chi connectivity index (χ2n) is 4.27. The Hall–Kier alpha value is -2.56. The molecular weight excluding hydrogens is 258 g/mol. The number of ether oxygens (including phenoxy) is 2. The first-order chi connectivity index (χ1) is 9.61. The molecule has 0 spiro atoms. The van der Waals surface area contributed by atoms with E-state index in [1.54, 1.807) is 24.4 Å². The highest BCUT2D eigenvalue weighted by atomic mass is 16.5. The number of hydrogen-bond donors (Lipinski definition) is 1. The number of aryl methyl sites for hydroxylation is 1. The van der Waals surface area contributed by atoms with Gasteiger partial charge in [-0.2, -0.15) is 0 Å². The van der Waals surface area contributed by atoms with Gasteiger partial charge in [-0.05, 0) is 36.8 Å². The molecule has 0 saturated carbocycles. The Morgan fingerprint density at radius 2 is 2.15 bits per heavy atom. The van der Waals surface area contributed by atoms with Crippen LogP contribution >= 0.6 is 0 Å². The monoisotopic (exact) mass is 273 g/mol. The number of carbonyl (C=O) groups is 1. The van der Waals surface area contributed by atoms with Crippen LogP contribution in [0, 0.1) is 6.92 Å². The Morgan fingerprint density at radius 1 is 1.35 bits per heavy atom. The van der Waals surface area contributed by atoms with Crippen LogP contribution in [-0.4, -0.2) is 23.2 Å². The summed E-state index contributed by atoms with van der Waals surface area (Å²) >= 11 is 0. The van der Waals surface area contributed by atoms with Crippen molar-refractivity contribution in [2.75, 3.05) is 7.11 Å². The summed E-state index contributed by atoms with van der Waals surface area (Å²) in [5.41, 5.74) is 1.83. The molecule has 5 heteroatoms. The minimum atomic E-state index is -1.02. The molecule has 20 heavy (non-hydrogen) atoms. The summed E-state index contributed by atoms with van der Waals surface area (Å²) in [7, 11) is 1.53. The molecule has 0 radical (unpaired) electrons. The molecule has 2 aromatic rings. The molecule has 0 amide bonds. The van der Waals surface area contributed by atoms with Gasteiger partial charge in [-0.1, -0.05) is 6.07 Å². The number of nitrogens with zero attached hydrogens (tertiary/aromatic N) is 1. The van der Waals surface area contributed by atoms with Crippen molar-refractivity contribution >= 4 is 5.97 Å². The van der Waals surface area contributed by atoms with E-state index in [2.05, 4.69) is 4.98 Å². The van der Waals surface area contributed by atoms with E-state index in [1.165, 1.54) is 13.2 Å². The minimum absolute atomic E-state index is 0.137. The molecule has 0 atom stereocenters. The zero-order chi connectivity index (χ0) is 14.5. The van der Waals surface area contributed by atoms with Crippen LogP contribution in [0.15, 0.2) is 36.5 Å². The van der Waals surface area contributed by atoms with Gasteiger partial charge in [0.05, 0.1) is 12.7 Å². The zero-order valence-electron chi connectivity index (χ0n) is 11.3. The highest BCUT2D eigenvalue weighted by molar-refractivity contribution is 5.90. The predicted octanol–water partition coefficient (Wildman–Crippen LogP) is 2.68. The normalized spacial score (nSPS) is 10.1. The van der Waals surface area contributed by atoms with E-state index in [4.69, 9.17) is 14.6 Å². The van der Waals surface area contributed by atoms with E-state index < -0.39 is 5.97 Å². The van der Waals surface area contributed by atoms with E-state index in [-0.39, 0.29) is 12.2 Å². The number of methoxy groups -OCH3 is 1. The van der Waals surface area contributed by atoms with Gasteiger partial charge >= 0.3 is 5.97 Å². The van der Waals surface area contributed by atoms with Crippen LogP contribution in [-0.2, 0) is 6.61 Å². The summed E-state index contributed by atoms with van der Waals surface area (Å²) in [4.78, 5) is 15.2. The highest BCUT2D eigenvalue weighted by Gasteiger charge is 2.12. The summed E-state index contributed by atoms with van der Waals surface area (Å²) in [5.74, 6) is -0.210. The number of aromatic nitrogens is 1. The van der Waals surface area contributed by atoms with Gasteiger partial charge in [-0.3, -0.25) is 0 Å². The van der Waals surface area contributed by atoms with Gasteiger partial charge in [0.25, 0.3) is 0 Å². The van der Waals surface area contributed by atoms with Crippen LogP contribution < -0.4 is 9.47 Å². The van der Waals surface area contributed by atoms with Crippen LogP contribution in [0.4, 0.5) is 0 Å². The summed E-state index contributed by atoms with van der Waals surface area (Å²) in [6.45, 7) is 2.07. The van der Waals surface area contributed by atoms with Gasteiger partial charge in [-0.15, -0.1) is 0 Å². The van der Waals surface area contributed by atoms with Gasteiger partial charge in [0, 0.05) is 6.20 Å². The molecule has 0 bridgehead atoms. The van der Waals surface area contributed by atoms with Crippen LogP contribution in [0.2, 0.25) is 0 Å². The van der Waals surface area contributed by atoms with E-state index in [9.17, 15) is 4.79 Å². The maximum atomic E-state index is 11.2. The van der Waals surface area contributed by atoms with Crippen molar-refractivity contribution in [3.8, 4) is 11.6 Å². The largest absolute Gasteiger partial charge is 0.488 e. The van der Waals surface area contributed by atoms with Crippen molar-refractivity contribution in [3.05, 3.63) is 53.2 Å². The van der Waals surface area contributed by atoms with Gasteiger partial charge in [0.2, 0.25) is 5.88 Å². The third-order valence-corrected chi connectivity index (χ3v) is 2.79. The molecule has 0 aliphatic carbocycles. The Bertz CT molecular complexity index is 625. The Morgan fingerprint density at radius 3 is 2.85 bits per heavy atom. The van der Waals surface area contributed by atoms with Crippen molar-refractivity contribution in [3.63, 3.8) is 0 Å². The quantitative estimate of drug-likeness (QED) is 0.907. The van der Waals surface area contributed by atoms with Crippen molar-refractivity contribution < 1.29 is 19.4 Å². The summed E-state index contributed by atoms with van der Waals surface area (Å²) in [6, 6.07) is 8.57. The molecule has 1 aromatic carbocycles. The summed E-state index contributed by atoms with van der Waals surface area (Å²) in [6.07, 6.45) is 1.62. The fourth-order valence-corrected chi connectivity index (χ4v) is 1.80. The first-order valence-electron chi connectivity index (χ1n) is 6.06. The lowest BCUT2D eigenvalue weighted by atomic mass is 10.1.